The van der Waals surface area contributed by atoms with Crippen LogP contribution in [0.3, 0.4) is 0 Å². The third-order valence-electron chi connectivity index (χ3n) is 7.92. The average molecular weight is 529 g/mol. The second-order valence-electron chi connectivity index (χ2n) is 10.4. The Hall–Kier alpha value is -2.88. The molecular formula is C29H40N2O7. The summed E-state index contributed by atoms with van der Waals surface area (Å²) in [4.78, 5) is 28.6. The smallest absolute Gasteiger partial charge is 0.247 e. The van der Waals surface area contributed by atoms with E-state index in [2.05, 4.69) is 11.9 Å². The molecule has 0 bridgehead atoms. The van der Waals surface area contributed by atoms with Gasteiger partial charge in [-0.25, -0.2) is 0 Å². The van der Waals surface area contributed by atoms with Crippen LogP contribution in [0.2, 0.25) is 0 Å². The lowest BCUT2D eigenvalue weighted by molar-refractivity contribution is -0.138. The van der Waals surface area contributed by atoms with E-state index in [1.54, 1.807) is 29.2 Å². The van der Waals surface area contributed by atoms with Crippen molar-refractivity contribution in [2.24, 2.45) is 5.92 Å². The van der Waals surface area contributed by atoms with Gasteiger partial charge in [-0.3, -0.25) is 9.59 Å². The van der Waals surface area contributed by atoms with E-state index in [0.717, 1.165) is 25.7 Å². The Morgan fingerprint density at radius 3 is 2.66 bits per heavy atom. The maximum Gasteiger partial charge on any atom is 0.247 e. The average Bonchev–Trinajstić information content (AvgIpc) is 3.34. The molecule has 9 nitrogen and oxygen atoms in total. The highest BCUT2D eigenvalue weighted by molar-refractivity contribution is 5.96. The van der Waals surface area contributed by atoms with Crippen LogP contribution in [-0.2, 0) is 16.2 Å². The van der Waals surface area contributed by atoms with Gasteiger partial charge < -0.3 is 35.0 Å². The van der Waals surface area contributed by atoms with Gasteiger partial charge in [-0.1, -0.05) is 25.3 Å². The van der Waals surface area contributed by atoms with Crippen LogP contribution in [0.4, 0.5) is 0 Å². The third-order valence-corrected chi connectivity index (χ3v) is 7.92. The molecule has 4 rings (SSSR count). The fourth-order valence-electron chi connectivity index (χ4n) is 6.03. The van der Waals surface area contributed by atoms with Crippen LogP contribution >= 0.6 is 0 Å². The predicted octanol–water partition coefficient (Wildman–Crippen LogP) is 2.19. The van der Waals surface area contributed by atoms with E-state index in [1.165, 1.54) is 13.5 Å². The fourth-order valence-corrected chi connectivity index (χ4v) is 6.03. The summed E-state index contributed by atoms with van der Waals surface area (Å²) in [6.07, 6.45) is 7.73. The van der Waals surface area contributed by atoms with Crippen LogP contribution < -0.4 is 14.8 Å². The van der Waals surface area contributed by atoms with E-state index in [4.69, 9.17) is 9.47 Å². The maximum absolute atomic E-state index is 13.5. The van der Waals surface area contributed by atoms with Gasteiger partial charge in [0.25, 0.3) is 0 Å². The highest BCUT2D eigenvalue weighted by atomic mass is 16.5. The zero-order valence-electron chi connectivity index (χ0n) is 22.1. The molecule has 4 N–H and O–H groups in total. The topological polar surface area (TPSA) is 129 Å². The first-order valence-electron chi connectivity index (χ1n) is 13.6. The van der Waals surface area contributed by atoms with E-state index in [9.17, 15) is 24.9 Å². The quantitative estimate of drug-likeness (QED) is 0.324. The number of amides is 2. The highest BCUT2D eigenvalue weighted by Gasteiger charge is 2.51. The number of rotatable bonds is 11. The van der Waals surface area contributed by atoms with Crippen molar-refractivity contribution < 1.29 is 34.4 Å². The van der Waals surface area contributed by atoms with Crippen LogP contribution in [-0.4, -0.2) is 77.1 Å². The van der Waals surface area contributed by atoms with Crippen molar-refractivity contribution in [2.75, 3.05) is 26.8 Å². The van der Waals surface area contributed by atoms with Gasteiger partial charge in [0, 0.05) is 30.6 Å². The first-order valence-corrected chi connectivity index (χ1v) is 13.6. The van der Waals surface area contributed by atoms with Crippen LogP contribution in [0.1, 0.15) is 62.0 Å². The molecule has 0 aromatic heterocycles. The summed E-state index contributed by atoms with van der Waals surface area (Å²) in [5, 5.41) is 33.6. The summed E-state index contributed by atoms with van der Waals surface area (Å²) < 4.78 is 11.8. The number of carbonyl (C=O) groups excluding carboxylic acids is 2. The number of nitrogens with zero attached hydrogens (tertiary/aromatic N) is 1. The van der Waals surface area contributed by atoms with E-state index in [0.29, 0.717) is 47.1 Å². The summed E-state index contributed by atoms with van der Waals surface area (Å²) in [6, 6.07) is 2.67. The highest BCUT2D eigenvalue weighted by Crippen LogP contribution is 2.51. The van der Waals surface area contributed by atoms with Crippen LogP contribution in [0.25, 0.3) is 0 Å². The number of fused-ring (bicyclic) bond motifs is 3. The number of hydrogen-bond donors (Lipinski definition) is 4. The second kappa shape index (κ2) is 12.8. The summed E-state index contributed by atoms with van der Waals surface area (Å²) in [6.45, 7) is 3.86. The molecule has 1 aromatic rings. The summed E-state index contributed by atoms with van der Waals surface area (Å²) >= 11 is 0. The Bertz CT molecular complexity index is 1050. The second-order valence-corrected chi connectivity index (χ2v) is 10.4. The molecule has 0 spiro atoms. The summed E-state index contributed by atoms with van der Waals surface area (Å²) in [7, 11) is 1.50. The molecular weight excluding hydrogens is 488 g/mol. The van der Waals surface area contributed by atoms with E-state index in [-0.39, 0.29) is 32.1 Å². The Morgan fingerprint density at radius 2 is 2.00 bits per heavy atom. The van der Waals surface area contributed by atoms with Gasteiger partial charge in [-0.15, -0.1) is 6.58 Å². The lowest BCUT2D eigenvalue weighted by Gasteiger charge is -2.42. The van der Waals surface area contributed by atoms with Crippen LogP contribution in [0.5, 0.6) is 11.5 Å². The van der Waals surface area contributed by atoms with Gasteiger partial charge in [-0.2, -0.15) is 0 Å². The number of nitrogens with one attached hydrogen (secondary N) is 1. The van der Waals surface area contributed by atoms with E-state index < -0.39 is 30.1 Å². The summed E-state index contributed by atoms with van der Waals surface area (Å²) in [5.74, 6) is 0.0235. The zero-order valence-corrected chi connectivity index (χ0v) is 22.1. The van der Waals surface area contributed by atoms with Crippen molar-refractivity contribution in [1.29, 1.82) is 0 Å². The molecule has 0 unspecified atom stereocenters. The number of allylic oxidation sites excluding steroid dienone is 1. The third kappa shape index (κ3) is 5.75. The molecule has 0 radical (unpaired) electrons. The van der Waals surface area contributed by atoms with Crippen molar-refractivity contribution in [3.8, 4) is 11.5 Å². The number of carbonyl (C=O) groups is 2. The number of hydrogen-bond acceptors (Lipinski definition) is 7. The normalized spacial score (nSPS) is 24.5. The molecule has 1 fully saturated rings. The number of ether oxygens (including phenoxy) is 2. The molecule has 1 saturated carbocycles. The molecule has 3 aliphatic rings. The van der Waals surface area contributed by atoms with Crippen LogP contribution in [0.15, 0.2) is 36.4 Å². The van der Waals surface area contributed by atoms with Crippen LogP contribution in [0, 0.1) is 5.92 Å². The van der Waals surface area contributed by atoms with Crippen molar-refractivity contribution in [2.45, 2.75) is 75.7 Å². The van der Waals surface area contributed by atoms with Gasteiger partial charge in [0.05, 0.1) is 32.3 Å². The monoisotopic (exact) mass is 528 g/mol. The molecule has 1 aliphatic heterocycles. The zero-order chi connectivity index (χ0) is 27.2. The van der Waals surface area contributed by atoms with Crippen molar-refractivity contribution in [1.82, 2.24) is 10.2 Å². The Morgan fingerprint density at radius 1 is 1.24 bits per heavy atom. The minimum Gasteiger partial charge on any atom is -0.493 e. The SMILES string of the molecule is C=CCCC(=O)N(CC1CCCCC1)[C@@H]1C=C(C(=O)NCCO)[C@@H]2c3cc(CO)cc(OC)c3O[C@@H]2[C@H]1O. The minimum absolute atomic E-state index is 0.0680. The van der Waals surface area contributed by atoms with E-state index in [1.807, 2.05) is 0 Å². The number of aliphatic hydroxyl groups excluding tert-OH is 3. The van der Waals surface area contributed by atoms with Gasteiger partial charge in [0.2, 0.25) is 11.8 Å². The lowest BCUT2D eigenvalue weighted by Crippen LogP contribution is -2.56. The van der Waals surface area contributed by atoms with Gasteiger partial charge in [-0.05, 0) is 49.0 Å². The molecule has 2 amide bonds. The molecule has 208 valence electrons. The lowest BCUT2D eigenvalue weighted by atomic mass is 9.76. The van der Waals surface area contributed by atoms with Crippen molar-refractivity contribution in [3.05, 3.63) is 47.6 Å². The van der Waals surface area contributed by atoms with E-state index >= 15 is 0 Å². The number of aliphatic hydroxyl groups is 3. The molecule has 4 atom stereocenters. The molecule has 0 saturated heterocycles. The van der Waals surface area contributed by atoms with Gasteiger partial charge in [0.15, 0.2) is 11.5 Å². The first kappa shape index (κ1) is 28.1. The molecule has 9 heteroatoms. The standard InChI is InChI=1S/C29H40N2O7/c1-3-4-10-24(34)31(16-18-8-6-5-7-9-18)22-15-21(29(36)30-11-12-32)25-20-13-19(17-33)14-23(37-2)27(20)38-28(25)26(22)35/h3,13-15,18,22,25-26,28,32-33,35H,1,4-12,16-17H2,2H3,(H,30,36)/t22-,25+,26+,28+/m1/s1. The fraction of sp³-hybridized carbons (Fsp3) is 0.586. The predicted molar refractivity (Wildman–Crippen MR) is 142 cm³/mol. The molecule has 1 aromatic carbocycles. The van der Waals surface area contributed by atoms with Gasteiger partial charge in [0.1, 0.15) is 12.2 Å². The largest absolute Gasteiger partial charge is 0.493 e. The Kier molecular flexibility index (Phi) is 9.46. The Labute approximate surface area is 224 Å². The molecule has 38 heavy (non-hydrogen) atoms. The number of methoxy groups -OCH3 is 1. The van der Waals surface area contributed by atoms with Crippen molar-refractivity contribution in [3.63, 3.8) is 0 Å². The van der Waals surface area contributed by atoms with Gasteiger partial charge >= 0.3 is 0 Å². The maximum atomic E-state index is 13.5. The minimum atomic E-state index is -1.10. The molecule has 1 heterocycles. The first-order chi connectivity index (χ1) is 18.4. The molecule has 2 aliphatic carbocycles. The summed E-state index contributed by atoms with van der Waals surface area (Å²) in [5.41, 5.74) is 1.59. The Balaban J connectivity index is 1.76. The number of benzene rings is 1. The van der Waals surface area contributed by atoms with Crippen molar-refractivity contribution >= 4 is 11.8 Å².